The minimum absolute atomic E-state index is 0.00160. The molecule has 4 aromatic rings. The van der Waals surface area contributed by atoms with Gasteiger partial charge in [-0.25, -0.2) is 9.67 Å². The summed E-state index contributed by atoms with van der Waals surface area (Å²) in [6.45, 7) is 0. The standard InChI is InChI=1S/C18H10Cl2F3N5O/c19-8-4-5-13(11(20)6-8)28-15(18(21,22)23)10(7-25-28)17-26-12-3-1-2-9(16(24)29)14(12)27-17/h1-7H,(H2,24,29)(H,26,27). The number of rotatable bonds is 3. The molecule has 0 saturated carbocycles. The normalized spacial score (nSPS) is 11.9. The third kappa shape index (κ3) is 3.32. The smallest absolute Gasteiger partial charge is 0.366 e. The molecule has 1 amide bonds. The number of nitrogens with two attached hydrogens (primary N) is 1. The number of H-pyrrole nitrogens is 1. The van der Waals surface area contributed by atoms with Crippen LogP contribution in [0.5, 0.6) is 0 Å². The van der Waals surface area contributed by atoms with Gasteiger partial charge in [-0.15, -0.1) is 0 Å². The first-order chi connectivity index (χ1) is 13.7. The van der Waals surface area contributed by atoms with E-state index in [9.17, 15) is 18.0 Å². The summed E-state index contributed by atoms with van der Waals surface area (Å²) in [5.41, 5.74) is 4.55. The van der Waals surface area contributed by atoms with Crippen LogP contribution in [0.25, 0.3) is 28.1 Å². The van der Waals surface area contributed by atoms with E-state index in [1.54, 1.807) is 12.1 Å². The lowest BCUT2D eigenvalue weighted by Crippen LogP contribution is -2.15. The molecule has 0 fully saturated rings. The highest BCUT2D eigenvalue weighted by atomic mass is 35.5. The van der Waals surface area contributed by atoms with E-state index in [0.29, 0.717) is 10.2 Å². The number of aromatic nitrogens is 4. The van der Waals surface area contributed by atoms with E-state index in [4.69, 9.17) is 28.9 Å². The number of hydrogen-bond donors (Lipinski definition) is 2. The molecule has 4 rings (SSSR count). The number of para-hydroxylation sites is 1. The number of carbonyl (C=O) groups is 1. The van der Waals surface area contributed by atoms with Crippen LogP contribution in [0.1, 0.15) is 16.1 Å². The number of aromatic amines is 1. The zero-order valence-corrected chi connectivity index (χ0v) is 15.8. The van der Waals surface area contributed by atoms with Crippen molar-refractivity contribution in [3.8, 4) is 17.1 Å². The van der Waals surface area contributed by atoms with E-state index in [-0.39, 0.29) is 38.2 Å². The first-order valence-electron chi connectivity index (χ1n) is 8.06. The lowest BCUT2D eigenvalue weighted by molar-refractivity contribution is -0.142. The van der Waals surface area contributed by atoms with Crippen molar-refractivity contribution in [1.82, 2.24) is 19.7 Å². The van der Waals surface area contributed by atoms with Gasteiger partial charge in [0.15, 0.2) is 5.69 Å². The number of primary amides is 1. The number of amides is 1. The highest BCUT2D eigenvalue weighted by Crippen LogP contribution is 2.39. The summed E-state index contributed by atoms with van der Waals surface area (Å²) in [6, 6.07) is 8.63. The maximum Gasteiger partial charge on any atom is 0.434 e. The van der Waals surface area contributed by atoms with Gasteiger partial charge in [-0.2, -0.15) is 18.3 Å². The summed E-state index contributed by atoms with van der Waals surface area (Å²) in [5.74, 6) is -0.856. The molecule has 0 aliphatic rings. The first kappa shape index (κ1) is 19.3. The lowest BCUT2D eigenvalue weighted by Gasteiger charge is -2.13. The van der Waals surface area contributed by atoms with Crippen molar-refractivity contribution in [3.63, 3.8) is 0 Å². The average molecular weight is 440 g/mol. The highest BCUT2D eigenvalue weighted by molar-refractivity contribution is 6.35. The van der Waals surface area contributed by atoms with Crippen LogP contribution in [0, 0.1) is 0 Å². The number of benzene rings is 2. The Balaban J connectivity index is 1.96. The molecule has 0 radical (unpaired) electrons. The molecular weight excluding hydrogens is 430 g/mol. The minimum Gasteiger partial charge on any atom is -0.366 e. The summed E-state index contributed by atoms with van der Waals surface area (Å²) in [7, 11) is 0. The van der Waals surface area contributed by atoms with E-state index in [1.165, 1.54) is 24.3 Å². The summed E-state index contributed by atoms with van der Waals surface area (Å²) in [5, 5.41) is 4.14. The monoisotopic (exact) mass is 439 g/mol. The van der Waals surface area contributed by atoms with Gasteiger partial charge in [0.2, 0.25) is 0 Å². The maximum atomic E-state index is 13.9. The molecule has 0 aliphatic carbocycles. The highest BCUT2D eigenvalue weighted by Gasteiger charge is 2.40. The largest absolute Gasteiger partial charge is 0.434 e. The van der Waals surface area contributed by atoms with Crippen molar-refractivity contribution in [2.45, 2.75) is 6.18 Å². The first-order valence-corrected chi connectivity index (χ1v) is 8.82. The Bertz CT molecular complexity index is 1260. The van der Waals surface area contributed by atoms with Crippen molar-refractivity contribution in [3.05, 3.63) is 63.9 Å². The van der Waals surface area contributed by atoms with Gasteiger partial charge >= 0.3 is 6.18 Å². The van der Waals surface area contributed by atoms with Crippen molar-refractivity contribution in [2.75, 3.05) is 0 Å². The van der Waals surface area contributed by atoms with Crippen molar-refractivity contribution < 1.29 is 18.0 Å². The number of fused-ring (bicyclic) bond motifs is 1. The molecule has 29 heavy (non-hydrogen) atoms. The van der Waals surface area contributed by atoms with E-state index in [2.05, 4.69) is 15.1 Å². The molecule has 0 atom stereocenters. The minimum atomic E-state index is -4.78. The zero-order valence-electron chi connectivity index (χ0n) is 14.3. The Kier molecular flexibility index (Phi) is 4.51. The Morgan fingerprint density at radius 2 is 1.93 bits per heavy atom. The number of carbonyl (C=O) groups excluding carboxylic acids is 1. The van der Waals surface area contributed by atoms with Gasteiger partial charge < -0.3 is 10.7 Å². The van der Waals surface area contributed by atoms with Crippen molar-refractivity contribution in [1.29, 1.82) is 0 Å². The van der Waals surface area contributed by atoms with E-state index < -0.39 is 17.8 Å². The van der Waals surface area contributed by atoms with Crippen LogP contribution < -0.4 is 5.73 Å². The van der Waals surface area contributed by atoms with Crippen LogP contribution in [0.3, 0.4) is 0 Å². The fourth-order valence-corrected chi connectivity index (χ4v) is 3.48. The van der Waals surface area contributed by atoms with Gasteiger partial charge in [-0.1, -0.05) is 29.3 Å². The van der Waals surface area contributed by atoms with E-state index >= 15 is 0 Å². The molecule has 3 N–H and O–H groups in total. The molecule has 11 heteroatoms. The van der Waals surface area contributed by atoms with E-state index in [1.807, 2.05) is 0 Å². The number of hydrogen-bond acceptors (Lipinski definition) is 3. The summed E-state index contributed by atoms with van der Waals surface area (Å²) < 4.78 is 42.5. The topological polar surface area (TPSA) is 89.6 Å². The van der Waals surface area contributed by atoms with Crippen LogP contribution >= 0.6 is 23.2 Å². The summed E-state index contributed by atoms with van der Waals surface area (Å²) >= 11 is 11.9. The predicted molar refractivity (Wildman–Crippen MR) is 102 cm³/mol. The molecule has 6 nitrogen and oxygen atoms in total. The fourth-order valence-electron chi connectivity index (χ4n) is 2.99. The van der Waals surface area contributed by atoms with Gasteiger partial charge in [-0.05, 0) is 30.3 Å². The average Bonchev–Trinajstić information content (AvgIpc) is 3.24. The third-order valence-electron chi connectivity index (χ3n) is 4.21. The molecule has 0 unspecified atom stereocenters. The van der Waals surface area contributed by atoms with Crippen molar-refractivity contribution in [2.24, 2.45) is 5.73 Å². The number of imidazole rings is 1. The number of alkyl halides is 3. The van der Waals surface area contributed by atoms with Crippen LogP contribution in [0.4, 0.5) is 13.2 Å². The van der Waals surface area contributed by atoms with Crippen LogP contribution in [0.15, 0.2) is 42.6 Å². The third-order valence-corrected chi connectivity index (χ3v) is 4.75. The van der Waals surface area contributed by atoms with Gasteiger partial charge in [0.25, 0.3) is 5.91 Å². The number of nitrogens with one attached hydrogen (secondary N) is 1. The molecule has 0 aliphatic heterocycles. The molecule has 0 saturated heterocycles. The fraction of sp³-hybridized carbons (Fsp3) is 0.0556. The number of nitrogens with zero attached hydrogens (tertiary/aromatic N) is 3. The maximum absolute atomic E-state index is 13.9. The quantitative estimate of drug-likeness (QED) is 0.478. The summed E-state index contributed by atoms with van der Waals surface area (Å²) in [4.78, 5) is 18.5. The lowest BCUT2D eigenvalue weighted by atomic mass is 10.2. The Morgan fingerprint density at radius 3 is 2.59 bits per heavy atom. The van der Waals surface area contributed by atoms with Gasteiger partial charge in [0.05, 0.1) is 33.6 Å². The Labute approximate surface area is 171 Å². The van der Waals surface area contributed by atoms with E-state index in [0.717, 1.165) is 6.20 Å². The molecular formula is C18H10Cl2F3N5O. The molecule has 0 spiro atoms. The van der Waals surface area contributed by atoms with Crippen molar-refractivity contribution >= 4 is 40.1 Å². The molecule has 2 aromatic carbocycles. The Hall–Kier alpha value is -3.04. The second kappa shape index (κ2) is 6.78. The van der Waals surface area contributed by atoms with Gasteiger partial charge in [-0.3, -0.25) is 4.79 Å². The zero-order chi connectivity index (χ0) is 20.9. The van der Waals surface area contributed by atoms with Gasteiger partial charge in [0, 0.05) is 5.02 Å². The van der Waals surface area contributed by atoms with Crippen LogP contribution in [0.2, 0.25) is 10.0 Å². The SMILES string of the molecule is NC(=O)c1cccc2[nH]c(-c3cnn(-c4ccc(Cl)cc4Cl)c3C(F)(F)F)nc12. The molecule has 148 valence electrons. The molecule has 0 bridgehead atoms. The second-order valence-corrected chi connectivity index (χ2v) is 6.91. The summed E-state index contributed by atoms with van der Waals surface area (Å²) in [6.07, 6.45) is -3.75. The second-order valence-electron chi connectivity index (χ2n) is 6.06. The number of halogens is 5. The Morgan fingerprint density at radius 1 is 1.17 bits per heavy atom. The molecule has 2 heterocycles. The van der Waals surface area contributed by atoms with Crippen LogP contribution in [-0.4, -0.2) is 25.7 Å². The van der Waals surface area contributed by atoms with Gasteiger partial charge in [0.1, 0.15) is 11.3 Å². The van der Waals surface area contributed by atoms with Crippen LogP contribution in [-0.2, 0) is 6.18 Å². The predicted octanol–water partition coefficient (Wildman–Crippen LogP) is 4.84. The molecule has 2 aromatic heterocycles.